The second-order valence-corrected chi connectivity index (χ2v) is 5.22. The summed E-state index contributed by atoms with van der Waals surface area (Å²) >= 11 is 1.89. The maximum absolute atomic E-state index is 4.47. The Morgan fingerprint density at radius 3 is 2.65 bits per heavy atom. The first-order valence-corrected chi connectivity index (χ1v) is 7.44. The van der Waals surface area contributed by atoms with Crippen LogP contribution in [0.25, 0.3) is 0 Å². The summed E-state index contributed by atoms with van der Waals surface area (Å²) in [7, 11) is 4.02. The number of rotatable bonds is 7. The predicted octanol–water partition coefficient (Wildman–Crippen LogP) is 2.55. The molecule has 17 heavy (non-hydrogen) atoms. The molecule has 0 aliphatic carbocycles. The zero-order valence-electron chi connectivity index (χ0n) is 11.2. The summed E-state index contributed by atoms with van der Waals surface area (Å²) in [5.74, 6) is 2.18. The van der Waals surface area contributed by atoms with E-state index in [2.05, 4.69) is 35.6 Å². The van der Waals surface area contributed by atoms with Crippen LogP contribution in [0.5, 0.6) is 0 Å². The summed E-state index contributed by atoms with van der Waals surface area (Å²) in [6.07, 6.45) is 5.29. The quantitative estimate of drug-likeness (QED) is 0.808. The van der Waals surface area contributed by atoms with Gasteiger partial charge >= 0.3 is 0 Å². The molecular formula is C13H23N3S. The van der Waals surface area contributed by atoms with Crippen LogP contribution in [0, 0.1) is 0 Å². The third-order valence-corrected chi connectivity index (χ3v) is 3.34. The zero-order valence-corrected chi connectivity index (χ0v) is 12.0. The van der Waals surface area contributed by atoms with Gasteiger partial charge in [-0.05, 0) is 36.6 Å². The zero-order chi connectivity index (χ0) is 12.7. The molecule has 1 unspecified atom stereocenters. The number of thioether (sulfide) groups is 1. The Hall–Kier alpha value is -0.740. The minimum absolute atomic E-state index is 0.427. The van der Waals surface area contributed by atoms with E-state index in [-0.39, 0.29) is 0 Å². The van der Waals surface area contributed by atoms with Gasteiger partial charge in [-0.1, -0.05) is 13.0 Å². The number of anilines is 1. The first kappa shape index (κ1) is 14.3. The van der Waals surface area contributed by atoms with Crippen LogP contribution in [0.1, 0.15) is 24.9 Å². The van der Waals surface area contributed by atoms with Gasteiger partial charge in [0.2, 0.25) is 0 Å². The average Bonchev–Trinajstić information content (AvgIpc) is 2.34. The lowest BCUT2D eigenvalue weighted by Crippen LogP contribution is -2.22. The number of hydrogen-bond donors (Lipinski definition) is 1. The molecule has 1 N–H and O–H groups in total. The molecule has 4 heteroatoms. The minimum atomic E-state index is 0.427. The van der Waals surface area contributed by atoms with E-state index in [1.54, 1.807) is 0 Å². The summed E-state index contributed by atoms with van der Waals surface area (Å²) < 4.78 is 0. The molecule has 0 bridgehead atoms. The molecule has 0 aliphatic rings. The Bertz CT molecular complexity index is 311. The third-order valence-electron chi connectivity index (χ3n) is 2.69. The molecule has 0 aliphatic heterocycles. The molecule has 0 fully saturated rings. The molecule has 0 saturated carbocycles. The number of aromatic nitrogens is 1. The maximum atomic E-state index is 4.47. The molecule has 0 amide bonds. The van der Waals surface area contributed by atoms with Crippen LogP contribution in [-0.2, 0) is 0 Å². The van der Waals surface area contributed by atoms with Gasteiger partial charge in [-0.25, -0.2) is 4.98 Å². The van der Waals surface area contributed by atoms with Crippen LogP contribution in [0.2, 0.25) is 0 Å². The van der Waals surface area contributed by atoms with Crippen LogP contribution < -0.4 is 10.2 Å². The van der Waals surface area contributed by atoms with E-state index in [1.807, 2.05) is 37.0 Å². The summed E-state index contributed by atoms with van der Waals surface area (Å²) in [6.45, 7) is 3.14. The molecule has 1 rings (SSSR count). The van der Waals surface area contributed by atoms with Crippen molar-refractivity contribution in [1.29, 1.82) is 0 Å². The minimum Gasteiger partial charge on any atom is -0.363 e. The van der Waals surface area contributed by atoms with E-state index in [0.29, 0.717) is 6.04 Å². The Morgan fingerprint density at radius 2 is 2.18 bits per heavy atom. The Labute approximate surface area is 109 Å². The molecule has 0 radical (unpaired) electrons. The van der Waals surface area contributed by atoms with Gasteiger partial charge < -0.3 is 10.2 Å². The second kappa shape index (κ2) is 7.56. The molecule has 0 aromatic carbocycles. The lowest BCUT2D eigenvalue weighted by Gasteiger charge is -2.19. The van der Waals surface area contributed by atoms with E-state index in [1.165, 1.54) is 11.3 Å². The molecule has 1 heterocycles. The van der Waals surface area contributed by atoms with Crippen molar-refractivity contribution < 1.29 is 0 Å². The fourth-order valence-corrected chi connectivity index (χ4v) is 2.21. The first-order valence-electron chi connectivity index (χ1n) is 6.04. The van der Waals surface area contributed by atoms with Gasteiger partial charge in [0.25, 0.3) is 0 Å². The second-order valence-electron chi connectivity index (χ2n) is 4.24. The van der Waals surface area contributed by atoms with Gasteiger partial charge in [0.15, 0.2) is 0 Å². The number of nitrogens with zero attached hydrogens (tertiary/aromatic N) is 2. The van der Waals surface area contributed by atoms with Crippen molar-refractivity contribution in [2.45, 2.75) is 19.4 Å². The van der Waals surface area contributed by atoms with Crippen LogP contribution >= 0.6 is 11.8 Å². The molecule has 1 aromatic rings. The van der Waals surface area contributed by atoms with Crippen molar-refractivity contribution in [2.24, 2.45) is 0 Å². The van der Waals surface area contributed by atoms with E-state index < -0.39 is 0 Å². The Kier molecular flexibility index (Phi) is 6.37. The molecule has 0 spiro atoms. The van der Waals surface area contributed by atoms with E-state index >= 15 is 0 Å². The SMILES string of the molecule is CCNC(CCSC)c1ccc(N(C)C)nc1. The summed E-state index contributed by atoms with van der Waals surface area (Å²) in [5.41, 5.74) is 1.28. The van der Waals surface area contributed by atoms with Crippen molar-refractivity contribution in [1.82, 2.24) is 10.3 Å². The highest BCUT2D eigenvalue weighted by molar-refractivity contribution is 7.98. The molecule has 3 nitrogen and oxygen atoms in total. The highest BCUT2D eigenvalue weighted by atomic mass is 32.2. The Morgan fingerprint density at radius 1 is 1.41 bits per heavy atom. The smallest absolute Gasteiger partial charge is 0.127 e. The number of hydrogen-bond acceptors (Lipinski definition) is 4. The van der Waals surface area contributed by atoms with Gasteiger partial charge in [0, 0.05) is 26.3 Å². The van der Waals surface area contributed by atoms with Crippen LogP contribution in [0.4, 0.5) is 5.82 Å². The highest BCUT2D eigenvalue weighted by Crippen LogP contribution is 2.19. The van der Waals surface area contributed by atoms with Crippen molar-refractivity contribution in [3.63, 3.8) is 0 Å². The van der Waals surface area contributed by atoms with Crippen molar-refractivity contribution in [2.75, 3.05) is 37.5 Å². The standard InChI is InChI=1S/C13H23N3S/c1-5-14-12(8-9-17-4)11-6-7-13(15-10-11)16(2)3/h6-7,10,12,14H,5,8-9H2,1-4H3. The molecule has 96 valence electrons. The summed E-state index contributed by atoms with van der Waals surface area (Å²) in [5, 5.41) is 3.52. The van der Waals surface area contributed by atoms with Gasteiger partial charge in [0.1, 0.15) is 5.82 Å². The van der Waals surface area contributed by atoms with Gasteiger partial charge in [0.05, 0.1) is 0 Å². The van der Waals surface area contributed by atoms with Crippen LogP contribution in [0.15, 0.2) is 18.3 Å². The van der Waals surface area contributed by atoms with Gasteiger partial charge in [-0.2, -0.15) is 11.8 Å². The first-order chi connectivity index (χ1) is 8.19. The lowest BCUT2D eigenvalue weighted by molar-refractivity contribution is 0.539. The highest BCUT2D eigenvalue weighted by Gasteiger charge is 2.10. The van der Waals surface area contributed by atoms with E-state index in [4.69, 9.17) is 0 Å². The summed E-state index contributed by atoms with van der Waals surface area (Å²) in [6, 6.07) is 4.69. The third kappa shape index (κ3) is 4.56. The topological polar surface area (TPSA) is 28.2 Å². The molecule has 0 saturated heterocycles. The monoisotopic (exact) mass is 253 g/mol. The van der Waals surface area contributed by atoms with E-state index in [9.17, 15) is 0 Å². The van der Waals surface area contributed by atoms with Crippen molar-refractivity contribution in [3.8, 4) is 0 Å². The van der Waals surface area contributed by atoms with Crippen LogP contribution in [0.3, 0.4) is 0 Å². The van der Waals surface area contributed by atoms with Crippen molar-refractivity contribution >= 4 is 17.6 Å². The average molecular weight is 253 g/mol. The molecular weight excluding hydrogens is 230 g/mol. The fourth-order valence-electron chi connectivity index (χ4n) is 1.74. The number of pyridine rings is 1. The largest absolute Gasteiger partial charge is 0.363 e. The fraction of sp³-hybridized carbons (Fsp3) is 0.615. The van der Waals surface area contributed by atoms with Crippen molar-refractivity contribution in [3.05, 3.63) is 23.9 Å². The number of nitrogens with one attached hydrogen (secondary N) is 1. The van der Waals surface area contributed by atoms with Gasteiger partial charge in [-0.3, -0.25) is 0 Å². The van der Waals surface area contributed by atoms with E-state index in [0.717, 1.165) is 18.8 Å². The molecule has 1 aromatic heterocycles. The normalized spacial score (nSPS) is 12.5. The maximum Gasteiger partial charge on any atom is 0.127 e. The van der Waals surface area contributed by atoms with Gasteiger partial charge in [-0.15, -0.1) is 0 Å². The lowest BCUT2D eigenvalue weighted by atomic mass is 10.1. The Balaban J connectivity index is 2.72. The summed E-state index contributed by atoms with van der Waals surface area (Å²) in [4.78, 5) is 6.49. The van der Waals surface area contributed by atoms with Crippen LogP contribution in [-0.4, -0.2) is 37.6 Å². The molecule has 1 atom stereocenters. The predicted molar refractivity (Wildman–Crippen MR) is 78.0 cm³/mol.